The SMILES string of the molecule is O=C(COc1ccc(Cl)cc1Br)c1ccc([N+](=O)[O-])cc1. The predicted octanol–water partition coefficient (Wildman–Crippen LogP) is 4.27. The van der Waals surface area contributed by atoms with Crippen LogP contribution in [-0.4, -0.2) is 17.3 Å². The second-order valence-corrected chi connectivity index (χ2v) is 5.38. The van der Waals surface area contributed by atoms with Crippen LogP contribution in [-0.2, 0) is 0 Å². The molecule has 0 heterocycles. The van der Waals surface area contributed by atoms with Crippen molar-refractivity contribution in [2.75, 3.05) is 6.61 Å². The number of carbonyl (C=O) groups is 1. The van der Waals surface area contributed by atoms with Crippen LogP contribution < -0.4 is 4.74 Å². The van der Waals surface area contributed by atoms with Gasteiger partial charge in [0, 0.05) is 22.7 Å². The molecule has 2 aromatic rings. The maximum absolute atomic E-state index is 11.9. The number of nitro benzene ring substituents is 1. The Balaban J connectivity index is 2.02. The van der Waals surface area contributed by atoms with Crippen molar-refractivity contribution in [2.24, 2.45) is 0 Å². The smallest absolute Gasteiger partial charge is 0.269 e. The van der Waals surface area contributed by atoms with E-state index in [0.717, 1.165) is 0 Å². The van der Waals surface area contributed by atoms with E-state index in [4.69, 9.17) is 16.3 Å². The Kier molecular flexibility index (Phi) is 4.93. The summed E-state index contributed by atoms with van der Waals surface area (Å²) in [5.74, 6) is 0.224. The molecule has 2 aromatic carbocycles. The molecule has 0 N–H and O–H groups in total. The molecule has 0 bridgehead atoms. The summed E-state index contributed by atoms with van der Waals surface area (Å²) in [6.45, 7) is -0.169. The number of ketones is 1. The molecule has 5 nitrogen and oxygen atoms in total. The van der Waals surface area contributed by atoms with Crippen LogP contribution in [0.3, 0.4) is 0 Å². The van der Waals surface area contributed by atoms with Crippen molar-refractivity contribution >= 4 is 39.0 Å². The molecule has 0 aromatic heterocycles. The van der Waals surface area contributed by atoms with Crippen LogP contribution in [0.5, 0.6) is 5.75 Å². The highest BCUT2D eigenvalue weighted by atomic mass is 79.9. The Hall–Kier alpha value is -1.92. The number of halogens is 2. The average Bonchev–Trinajstić information content (AvgIpc) is 2.46. The quantitative estimate of drug-likeness (QED) is 0.448. The number of rotatable bonds is 5. The van der Waals surface area contributed by atoms with E-state index in [2.05, 4.69) is 15.9 Å². The molecule has 7 heteroatoms. The molecule has 0 radical (unpaired) electrons. The topological polar surface area (TPSA) is 69.4 Å². The summed E-state index contributed by atoms with van der Waals surface area (Å²) < 4.78 is 6.04. The number of Topliss-reactive ketones (excluding diaryl/α,β-unsaturated/α-hetero) is 1. The van der Waals surface area contributed by atoms with Crippen LogP contribution in [0.25, 0.3) is 0 Å². The third-order valence-corrected chi connectivity index (χ3v) is 3.51. The van der Waals surface area contributed by atoms with Crippen molar-refractivity contribution in [3.63, 3.8) is 0 Å². The highest BCUT2D eigenvalue weighted by Crippen LogP contribution is 2.28. The number of non-ortho nitro benzene ring substituents is 1. The summed E-state index contributed by atoms with van der Waals surface area (Å²) in [5.41, 5.74) is 0.290. The first-order chi connectivity index (χ1) is 9.97. The Morgan fingerprint density at radius 2 is 1.90 bits per heavy atom. The molecule has 0 aliphatic rings. The lowest BCUT2D eigenvalue weighted by Gasteiger charge is -2.07. The van der Waals surface area contributed by atoms with E-state index in [1.54, 1.807) is 18.2 Å². The number of nitro groups is 1. The molecule has 0 unspecified atom stereocenters. The second kappa shape index (κ2) is 6.69. The van der Waals surface area contributed by atoms with E-state index in [0.29, 0.717) is 20.8 Å². The average molecular weight is 371 g/mol. The number of benzene rings is 2. The van der Waals surface area contributed by atoms with E-state index in [-0.39, 0.29) is 18.1 Å². The fourth-order valence-corrected chi connectivity index (χ4v) is 2.39. The molecule has 21 heavy (non-hydrogen) atoms. The molecule has 0 aliphatic heterocycles. The molecule has 0 amide bonds. The molecule has 0 saturated carbocycles. The van der Waals surface area contributed by atoms with Gasteiger partial charge >= 0.3 is 0 Å². The van der Waals surface area contributed by atoms with Crippen molar-refractivity contribution in [1.82, 2.24) is 0 Å². The maximum Gasteiger partial charge on any atom is 0.269 e. The van der Waals surface area contributed by atoms with Gasteiger partial charge in [-0.1, -0.05) is 11.6 Å². The summed E-state index contributed by atoms with van der Waals surface area (Å²) in [6.07, 6.45) is 0. The van der Waals surface area contributed by atoms with Crippen molar-refractivity contribution in [3.05, 3.63) is 67.6 Å². The Labute approximate surface area is 133 Å². The number of ether oxygens (including phenoxy) is 1. The van der Waals surface area contributed by atoms with Gasteiger partial charge in [0.15, 0.2) is 12.4 Å². The van der Waals surface area contributed by atoms with Crippen molar-refractivity contribution in [3.8, 4) is 5.75 Å². The summed E-state index contributed by atoms with van der Waals surface area (Å²) in [7, 11) is 0. The van der Waals surface area contributed by atoms with Crippen LogP contribution in [0.15, 0.2) is 46.9 Å². The van der Waals surface area contributed by atoms with Crippen LogP contribution >= 0.6 is 27.5 Å². The predicted molar refractivity (Wildman–Crippen MR) is 82.1 cm³/mol. The third-order valence-electron chi connectivity index (χ3n) is 2.65. The lowest BCUT2D eigenvalue weighted by Crippen LogP contribution is -2.11. The van der Waals surface area contributed by atoms with Gasteiger partial charge in [-0.15, -0.1) is 0 Å². The first kappa shape index (κ1) is 15.5. The molecule has 0 atom stereocenters. The monoisotopic (exact) mass is 369 g/mol. The fraction of sp³-hybridized carbons (Fsp3) is 0.0714. The van der Waals surface area contributed by atoms with Crippen LogP contribution in [0.2, 0.25) is 5.02 Å². The standard InChI is InChI=1S/C14H9BrClNO4/c15-12-7-10(16)3-6-14(12)21-8-13(18)9-1-4-11(5-2-9)17(19)20/h1-7H,8H2. The number of nitrogens with zero attached hydrogens (tertiary/aromatic N) is 1. The zero-order valence-electron chi connectivity index (χ0n) is 10.6. The normalized spacial score (nSPS) is 10.2. The van der Waals surface area contributed by atoms with Gasteiger partial charge in [-0.2, -0.15) is 0 Å². The summed E-state index contributed by atoms with van der Waals surface area (Å²) >= 11 is 9.09. The minimum Gasteiger partial charge on any atom is -0.484 e. The van der Waals surface area contributed by atoms with Gasteiger partial charge in [0.1, 0.15) is 5.75 Å². The van der Waals surface area contributed by atoms with Crippen LogP contribution in [0, 0.1) is 10.1 Å². The zero-order valence-corrected chi connectivity index (χ0v) is 12.9. The highest BCUT2D eigenvalue weighted by molar-refractivity contribution is 9.10. The van der Waals surface area contributed by atoms with E-state index < -0.39 is 4.92 Å². The Bertz CT molecular complexity index is 688. The van der Waals surface area contributed by atoms with Gasteiger partial charge in [0.05, 0.1) is 9.40 Å². The van der Waals surface area contributed by atoms with Crippen molar-refractivity contribution < 1.29 is 14.5 Å². The van der Waals surface area contributed by atoms with E-state index in [1.165, 1.54) is 24.3 Å². The van der Waals surface area contributed by atoms with Crippen LogP contribution in [0.1, 0.15) is 10.4 Å². The minimum absolute atomic E-state index is 0.0621. The Morgan fingerprint density at radius 1 is 1.24 bits per heavy atom. The van der Waals surface area contributed by atoms with Gasteiger partial charge < -0.3 is 4.74 Å². The minimum atomic E-state index is -0.518. The number of hydrogen-bond donors (Lipinski definition) is 0. The van der Waals surface area contributed by atoms with Gasteiger partial charge in [-0.05, 0) is 46.3 Å². The van der Waals surface area contributed by atoms with Gasteiger partial charge in [0.2, 0.25) is 0 Å². The first-order valence-corrected chi connectivity index (χ1v) is 7.00. The van der Waals surface area contributed by atoms with E-state index in [9.17, 15) is 14.9 Å². The van der Waals surface area contributed by atoms with E-state index in [1.807, 2.05) is 0 Å². The van der Waals surface area contributed by atoms with Crippen LogP contribution in [0.4, 0.5) is 5.69 Å². The third kappa shape index (κ3) is 4.03. The van der Waals surface area contributed by atoms with Gasteiger partial charge in [-0.3, -0.25) is 14.9 Å². The number of hydrogen-bond acceptors (Lipinski definition) is 4. The van der Waals surface area contributed by atoms with Gasteiger partial charge in [0.25, 0.3) is 5.69 Å². The fourth-order valence-electron chi connectivity index (χ4n) is 1.59. The first-order valence-electron chi connectivity index (χ1n) is 5.83. The largest absolute Gasteiger partial charge is 0.484 e. The lowest BCUT2D eigenvalue weighted by atomic mass is 10.1. The number of carbonyl (C=O) groups excluding carboxylic acids is 1. The summed E-state index contributed by atoms with van der Waals surface area (Å²) in [5, 5.41) is 11.1. The van der Waals surface area contributed by atoms with Gasteiger partial charge in [-0.25, -0.2) is 0 Å². The molecule has 0 saturated heterocycles. The molecular weight excluding hydrogens is 362 g/mol. The Morgan fingerprint density at radius 3 is 2.48 bits per heavy atom. The van der Waals surface area contributed by atoms with Crippen molar-refractivity contribution in [2.45, 2.75) is 0 Å². The maximum atomic E-state index is 11.9. The molecule has 2 rings (SSSR count). The summed E-state index contributed by atoms with van der Waals surface area (Å²) in [6, 6.07) is 10.3. The molecule has 108 valence electrons. The summed E-state index contributed by atoms with van der Waals surface area (Å²) in [4.78, 5) is 22.0. The molecule has 0 aliphatic carbocycles. The molecule has 0 spiro atoms. The van der Waals surface area contributed by atoms with E-state index >= 15 is 0 Å². The molecule has 0 fully saturated rings. The van der Waals surface area contributed by atoms with Crippen molar-refractivity contribution in [1.29, 1.82) is 0 Å². The highest BCUT2D eigenvalue weighted by Gasteiger charge is 2.11. The lowest BCUT2D eigenvalue weighted by molar-refractivity contribution is -0.384. The molecular formula is C14H9BrClNO4. The second-order valence-electron chi connectivity index (χ2n) is 4.09. The zero-order chi connectivity index (χ0) is 15.4.